The highest BCUT2D eigenvalue weighted by molar-refractivity contribution is 7.09. The predicted molar refractivity (Wildman–Crippen MR) is 58.8 cm³/mol. The Labute approximate surface area is 88.3 Å². The van der Waals surface area contributed by atoms with Crippen LogP contribution in [0.3, 0.4) is 0 Å². The van der Waals surface area contributed by atoms with Crippen LogP contribution in [0.5, 0.6) is 0 Å². The van der Waals surface area contributed by atoms with E-state index in [-0.39, 0.29) is 0 Å². The molecule has 0 radical (unpaired) electrons. The summed E-state index contributed by atoms with van der Waals surface area (Å²) in [5, 5.41) is 7.83. The monoisotopic (exact) mass is 212 g/mol. The molecule has 14 heavy (non-hydrogen) atoms. The van der Waals surface area contributed by atoms with E-state index in [0.717, 1.165) is 17.5 Å². The first kappa shape index (κ1) is 9.86. The summed E-state index contributed by atoms with van der Waals surface area (Å²) in [6.45, 7) is 5.27. The van der Waals surface area contributed by atoms with Crippen LogP contribution in [-0.4, -0.2) is 28.0 Å². The molecule has 1 fully saturated rings. The summed E-state index contributed by atoms with van der Waals surface area (Å²) < 4.78 is 4.15. The molecular formula is C9H16N4S. The average molecular weight is 212 g/mol. The first-order chi connectivity index (χ1) is 6.75. The van der Waals surface area contributed by atoms with E-state index >= 15 is 0 Å². The number of nitrogens with zero attached hydrogens (tertiary/aromatic N) is 2. The van der Waals surface area contributed by atoms with Gasteiger partial charge in [-0.15, -0.1) is 0 Å². The summed E-state index contributed by atoms with van der Waals surface area (Å²) in [6.07, 6.45) is 2.45. The summed E-state index contributed by atoms with van der Waals surface area (Å²) >= 11 is 1.45. The molecule has 1 saturated heterocycles. The second-order valence-electron chi connectivity index (χ2n) is 3.78. The summed E-state index contributed by atoms with van der Waals surface area (Å²) in [4.78, 5) is 4.31. The van der Waals surface area contributed by atoms with Crippen LogP contribution >= 0.6 is 11.5 Å². The Kier molecular flexibility index (Phi) is 2.98. The first-order valence-corrected chi connectivity index (χ1v) is 5.83. The van der Waals surface area contributed by atoms with Gasteiger partial charge in [0.25, 0.3) is 0 Å². The molecular weight excluding hydrogens is 196 g/mol. The van der Waals surface area contributed by atoms with Crippen LogP contribution in [0.25, 0.3) is 0 Å². The standard InChI is InChI=1S/C9H16N4S/c1-6-8(4-3-5-10-6)12-9-11-7(2)13-14-9/h6,8,10H,3-5H2,1-2H3,(H,11,12,13). The van der Waals surface area contributed by atoms with Crippen molar-refractivity contribution in [2.45, 2.75) is 38.8 Å². The maximum Gasteiger partial charge on any atom is 0.202 e. The molecule has 5 heteroatoms. The number of rotatable bonds is 2. The van der Waals surface area contributed by atoms with Gasteiger partial charge in [-0.05, 0) is 33.2 Å². The van der Waals surface area contributed by atoms with E-state index in [4.69, 9.17) is 0 Å². The molecule has 1 aliphatic rings. The molecule has 2 atom stereocenters. The van der Waals surface area contributed by atoms with Crippen molar-refractivity contribution >= 4 is 16.7 Å². The fraction of sp³-hybridized carbons (Fsp3) is 0.778. The third-order valence-corrected chi connectivity index (χ3v) is 3.34. The van der Waals surface area contributed by atoms with Crippen molar-refractivity contribution in [1.82, 2.24) is 14.7 Å². The molecule has 2 rings (SSSR count). The van der Waals surface area contributed by atoms with Crippen molar-refractivity contribution in [1.29, 1.82) is 0 Å². The lowest BCUT2D eigenvalue weighted by Crippen LogP contribution is -2.46. The Hall–Kier alpha value is -0.680. The van der Waals surface area contributed by atoms with Crippen LogP contribution in [0.1, 0.15) is 25.6 Å². The SMILES string of the molecule is Cc1nsc(NC2CCCNC2C)n1. The third-order valence-electron chi connectivity index (χ3n) is 2.60. The van der Waals surface area contributed by atoms with Crippen LogP contribution in [-0.2, 0) is 0 Å². The molecule has 2 N–H and O–H groups in total. The van der Waals surface area contributed by atoms with Gasteiger partial charge in [0.15, 0.2) is 0 Å². The Morgan fingerprint density at radius 2 is 2.43 bits per heavy atom. The third kappa shape index (κ3) is 2.22. The highest BCUT2D eigenvalue weighted by Crippen LogP contribution is 2.17. The highest BCUT2D eigenvalue weighted by atomic mass is 32.1. The van der Waals surface area contributed by atoms with E-state index in [1.165, 1.54) is 24.4 Å². The summed E-state index contributed by atoms with van der Waals surface area (Å²) in [7, 11) is 0. The topological polar surface area (TPSA) is 49.8 Å². The minimum atomic E-state index is 0.496. The Morgan fingerprint density at radius 3 is 3.07 bits per heavy atom. The van der Waals surface area contributed by atoms with Gasteiger partial charge >= 0.3 is 0 Å². The molecule has 0 bridgehead atoms. The van der Waals surface area contributed by atoms with E-state index in [2.05, 4.69) is 26.9 Å². The highest BCUT2D eigenvalue weighted by Gasteiger charge is 2.21. The Morgan fingerprint density at radius 1 is 1.57 bits per heavy atom. The van der Waals surface area contributed by atoms with E-state index in [1.54, 1.807) is 0 Å². The van der Waals surface area contributed by atoms with E-state index in [1.807, 2.05) is 6.92 Å². The van der Waals surface area contributed by atoms with Gasteiger partial charge in [-0.1, -0.05) is 0 Å². The molecule has 1 aromatic heterocycles. The quantitative estimate of drug-likeness (QED) is 0.778. The summed E-state index contributed by atoms with van der Waals surface area (Å²) in [5.41, 5.74) is 0. The maximum absolute atomic E-state index is 4.31. The fourth-order valence-electron chi connectivity index (χ4n) is 1.76. The van der Waals surface area contributed by atoms with E-state index < -0.39 is 0 Å². The molecule has 0 amide bonds. The number of nitrogens with one attached hydrogen (secondary N) is 2. The van der Waals surface area contributed by atoms with Crippen LogP contribution in [0.2, 0.25) is 0 Å². The van der Waals surface area contributed by atoms with Gasteiger partial charge in [0.2, 0.25) is 5.13 Å². The van der Waals surface area contributed by atoms with Crippen molar-refractivity contribution < 1.29 is 0 Å². The lowest BCUT2D eigenvalue weighted by atomic mass is 10.0. The zero-order valence-electron chi connectivity index (χ0n) is 8.58. The van der Waals surface area contributed by atoms with E-state index in [9.17, 15) is 0 Å². The molecule has 0 aliphatic carbocycles. The van der Waals surface area contributed by atoms with Crippen LogP contribution in [0, 0.1) is 6.92 Å². The van der Waals surface area contributed by atoms with Gasteiger partial charge in [0, 0.05) is 23.6 Å². The second-order valence-corrected chi connectivity index (χ2v) is 4.53. The van der Waals surface area contributed by atoms with Crippen molar-refractivity contribution in [3.63, 3.8) is 0 Å². The molecule has 0 spiro atoms. The average Bonchev–Trinajstić information content (AvgIpc) is 2.56. The number of aryl methyl sites for hydroxylation is 1. The van der Waals surface area contributed by atoms with Crippen LogP contribution in [0.15, 0.2) is 0 Å². The molecule has 78 valence electrons. The van der Waals surface area contributed by atoms with Crippen LogP contribution < -0.4 is 10.6 Å². The normalized spacial score (nSPS) is 27.6. The lowest BCUT2D eigenvalue weighted by molar-refractivity contribution is 0.389. The molecule has 0 saturated carbocycles. The van der Waals surface area contributed by atoms with Gasteiger partial charge in [0.1, 0.15) is 5.82 Å². The van der Waals surface area contributed by atoms with Crippen molar-refractivity contribution in [2.75, 3.05) is 11.9 Å². The smallest absolute Gasteiger partial charge is 0.202 e. The molecule has 4 nitrogen and oxygen atoms in total. The molecule has 1 aliphatic heterocycles. The Balaban J connectivity index is 1.95. The number of piperidine rings is 1. The maximum atomic E-state index is 4.31. The number of aromatic nitrogens is 2. The van der Waals surface area contributed by atoms with E-state index in [0.29, 0.717) is 12.1 Å². The zero-order chi connectivity index (χ0) is 9.97. The van der Waals surface area contributed by atoms with Gasteiger partial charge in [-0.2, -0.15) is 4.37 Å². The fourth-order valence-corrected chi connectivity index (χ4v) is 2.39. The molecule has 2 heterocycles. The minimum Gasteiger partial charge on any atom is -0.356 e. The molecule has 1 aromatic rings. The lowest BCUT2D eigenvalue weighted by Gasteiger charge is -2.30. The van der Waals surface area contributed by atoms with Crippen molar-refractivity contribution in [3.8, 4) is 0 Å². The first-order valence-electron chi connectivity index (χ1n) is 5.06. The van der Waals surface area contributed by atoms with Gasteiger partial charge < -0.3 is 10.6 Å². The number of hydrogen-bond donors (Lipinski definition) is 2. The minimum absolute atomic E-state index is 0.496. The number of hydrogen-bond acceptors (Lipinski definition) is 5. The summed E-state index contributed by atoms with van der Waals surface area (Å²) in [6, 6.07) is 1.02. The molecule has 2 unspecified atom stereocenters. The van der Waals surface area contributed by atoms with Crippen molar-refractivity contribution in [3.05, 3.63) is 5.82 Å². The largest absolute Gasteiger partial charge is 0.356 e. The van der Waals surface area contributed by atoms with Crippen LogP contribution in [0.4, 0.5) is 5.13 Å². The Bertz CT molecular complexity index is 299. The zero-order valence-corrected chi connectivity index (χ0v) is 9.40. The van der Waals surface area contributed by atoms with Crippen molar-refractivity contribution in [2.24, 2.45) is 0 Å². The van der Waals surface area contributed by atoms with Gasteiger partial charge in [0.05, 0.1) is 0 Å². The predicted octanol–water partition coefficient (Wildman–Crippen LogP) is 1.40. The molecule has 0 aromatic carbocycles. The number of anilines is 1. The second kappa shape index (κ2) is 4.23. The van der Waals surface area contributed by atoms with Gasteiger partial charge in [-0.25, -0.2) is 4.98 Å². The van der Waals surface area contributed by atoms with Gasteiger partial charge in [-0.3, -0.25) is 0 Å². The summed E-state index contributed by atoms with van der Waals surface area (Å²) in [5.74, 6) is 0.855.